The summed E-state index contributed by atoms with van der Waals surface area (Å²) in [4.78, 5) is 0. The summed E-state index contributed by atoms with van der Waals surface area (Å²) in [6, 6.07) is 4.59. The van der Waals surface area contributed by atoms with Crippen molar-refractivity contribution in [1.29, 1.82) is 0 Å². The highest BCUT2D eigenvalue weighted by Crippen LogP contribution is 2.32. The molecular formula is C14H20BrF2NO. The quantitative estimate of drug-likeness (QED) is 0.828. The van der Waals surface area contributed by atoms with Crippen molar-refractivity contribution in [2.75, 3.05) is 6.61 Å². The second-order valence-corrected chi connectivity index (χ2v) is 6.44. The minimum Gasteiger partial charge on any atom is -0.491 e. The molecular weight excluding hydrogens is 316 g/mol. The van der Waals surface area contributed by atoms with Crippen molar-refractivity contribution in [3.63, 3.8) is 0 Å². The summed E-state index contributed by atoms with van der Waals surface area (Å²) in [6.07, 6.45) is -1.80. The van der Waals surface area contributed by atoms with E-state index in [9.17, 15) is 8.78 Å². The summed E-state index contributed by atoms with van der Waals surface area (Å²) >= 11 is 3.17. The van der Waals surface area contributed by atoms with E-state index in [-0.39, 0.29) is 17.9 Å². The first kappa shape index (κ1) is 16.4. The molecule has 0 saturated carbocycles. The molecule has 0 bridgehead atoms. The van der Waals surface area contributed by atoms with E-state index in [0.29, 0.717) is 10.4 Å². The number of ether oxygens (including phenoxy) is 1. The molecule has 0 amide bonds. The molecule has 1 atom stereocenters. The number of hydrogen-bond acceptors (Lipinski definition) is 2. The van der Waals surface area contributed by atoms with Gasteiger partial charge in [-0.3, -0.25) is 0 Å². The molecule has 0 aromatic heterocycles. The van der Waals surface area contributed by atoms with Gasteiger partial charge in [0.15, 0.2) is 0 Å². The Hall–Kier alpha value is -0.680. The molecule has 0 aliphatic rings. The summed E-state index contributed by atoms with van der Waals surface area (Å²) in [5.41, 5.74) is 5.46. The first-order chi connectivity index (χ1) is 8.71. The predicted molar refractivity (Wildman–Crippen MR) is 76.6 cm³/mol. The molecule has 0 aliphatic heterocycles. The van der Waals surface area contributed by atoms with Crippen LogP contribution in [-0.2, 0) is 0 Å². The van der Waals surface area contributed by atoms with Gasteiger partial charge in [-0.1, -0.05) is 29.8 Å². The van der Waals surface area contributed by atoms with E-state index >= 15 is 0 Å². The lowest BCUT2D eigenvalue weighted by molar-refractivity contribution is 0.140. The number of halogens is 3. The predicted octanol–water partition coefficient (Wildman–Crippen LogP) is 4.53. The number of alkyl halides is 2. The second kappa shape index (κ2) is 6.66. The van der Waals surface area contributed by atoms with E-state index in [4.69, 9.17) is 10.5 Å². The molecule has 0 spiro atoms. The Morgan fingerprint density at radius 2 is 2.00 bits per heavy atom. The van der Waals surface area contributed by atoms with E-state index in [0.717, 1.165) is 6.42 Å². The SMILES string of the molecule is CC(C)C[C@](C)(N)COc1ccc(Br)cc1C(F)F. The van der Waals surface area contributed by atoms with Gasteiger partial charge < -0.3 is 10.5 Å². The highest BCUT2D eigenvalue weighted by molar-refractivity contribution is 9.10. The Morgan fingerprint density at radius 3 is 2.53 bits per heavy atom. The normalized spacial score (nSPS) is 14.8. The molecule has 0 radical (unpaired) electrons. The maximum Gasteiger partial charge on any atom is 0.267 e. The second-order valence-electron chi connectivity index (χ2n) is 5.52. The Morgan fingerprint density at radius 1 is 1.37 bits per heavy atom. The smallest absolute Gasteiger partial charge is 0.267 e. The fraction of sp³-hybridized carbons (Fsp3) is 0.571. The first-order valence-electron chi connectivity index (χ1n) is 6.20. The Balaban J connectivity index is 2.77. The van der Waals surface area contributed by atoms with E-state index < -0.39 is 12.0 Å². The lowest BCUT2D eigenvalue weighted by Crippen LogP contribution is -2.43. The molecule has 2 nitrogen and oxygen atoms in total. The van der Waals surface area contributed by atoms with Crippen molar-refractivity contribution in [3.05, 3.63) is 28.2 Å². The van der Waals surface area contributed by atoms with Crippen molar-refractivity contribution in [2.24, 2.45) is 11.7 Å². The largest absolute Gasteiger partial charge is 0.491 e. The first-order valence-corrected chi connectivity index (χ1v) is 7.00. The average Bonchev–Trinajstić information content (AvgIpc) is 2.25. The third-order valence-electron chi connectivity index (χ3n) is 2.64. The fourth-order valence-corrected chi connectivity index (χ4v) is 2.43. The summed E-state index contributed by atoms with van der Waals surface area (Å²) < 4.78 is 31.9. The van der Waals surface area contributed by atoms with Gasteiger partial charge in [0.05, 0.1) is 5.56 Å². The Bertz CT molecular complexity index is 422. The van der Waals surface area contributed by atoms with E-state index in [1.54, 1.807) is 6.07 Å². The van der Waals surface area contributed by atoms with Gasteiger partial charge in [0, 0.05) is 10.0 Å². The molecule has 0 fully saturated rings. The maximum atomic E-state index is 12.9. The maximum absolute atomic E-state index is 12.9. The summed E-state index contributed by atoms with van der Waals surface area (Å²) in [7, 11) is 0. The van der Waals surface area contributed by atoms with Crippen LogP contribution in [0.3, 0.4) is 0 Å². The van der Waals surface area contributed by atoms with Gasteiger partial charge in [-0.15, -0.1) is 0 Å². The van der Waals surface area contributed by atoms with Crippen LogP contribution in [0.2, 0.25) is 0 Å². The monoisotopic (exact) mass is 335 g/mol. The molecule has 108 valence electrons. The van der Waals surface area contributed by atoms with Gasteiger partial charge in [-0.2, -0.15) is 0 Å². The number of rotatable bonds is 6. The molecule has 0 heterocycles. The van der Waals surface area contributed by atoms with Gasteiger partial charge in [0.25, 0.3) is 6.43 Å². The highest BCUT2D eigenvalue weighted by Gasteiger charge is 2.22. The molecule has 0 saturated heterocycles. The highest BCUT2D eigenvalue weighted by atomic mass is 79.9. The van der Waals surface area contributed by atoms with Crippen LogP contribution in [0, 0.1) is 5.92 Å². The van der Waals surface area contributed by atoms with Crippen LogP contribution in [0.4, 0.5) is 8.78 Å². The van der Waals surface area contributed by atoms with Gasteiger partial charge in [-0.25, -0.2) is 8.78 Å². The lowest BCUT2D eigenvalue weighted by atomic mass is 9.93. The number of benzene rings is 1. The zero-order chi connectivity index (χ0) is 14.6. The topological polar surface area (TPSA) is 35.2 Å². The van der Waals surface area contributed by atoms with Crippen LogP contribution in [0.15, 0.2) is 22.7 Å². The average molecular weight is 336 g/mol. The molecule has 19 heavy (non-hydrogen) atoms. The van der Waals surface area contributed by atoms with E-state index in [2.05, 4.69) is 29.8 Å². The zero-order valence-electron chi connectivity index (χ0n) is 11.4. The zero-order valence-corrected chi connectivity index (χ0v) is 13.0. The van der Waals surface area contributed by atoms with Crippen molar-refractivity contribution < 1.29 is 13.5 Å². The van der Waals surface area contributed by atoms with Crippen LogP contribution >= 0.6 is 15.9 Å². The van der Waals surface area contributed by atoms with Crippen LogP contribution in [-0.4, -0.2) is 12.1 Å². The molecule has 1 aromatic rings. The van der Waals surface area contributed by atoms with Gasteiger partial charge in [0.1, 0.15) is 12.4 Å². The van der Waals surface area contributed by atoms with Gasteiger partial charge >= 0.3 is 0 Å². The van der Waals surface area contributed by atoms with Crippen molar-refractivity contribution >= 4 is 15.9 Å². The third-order valence-corrected chi connectivity index (χ3v) is 3.13. The number of nitrogens with two attached hydrogens (primary N) is 1. The molecule has 0 unspecified atom stereocenters. The lowest BCUT2D eigenvalue weighted by Gasteiger charge is -2.27. The van der Waals surface area contributed by atoms with Crippen LogP contribution < -0.4 is 10.5 Å². The van der Waals surface area contributed by atoms with Crippen LogP contribution in [0.1, 0.15) is 39.2 Å². The van der Waals surface area contributed by atoms with E-state index in [1.165, 1.54) is 12.1 Å². The number of hydrogen-bond donors (Lipinski definition) is 1. The van der Waals surface area contributed by atoms with Gasteiger partial charge in [0.2, 0.25) is 0 Å². The third kappa shape index (κ3) is 5.45. The minimum absolute atomic E-state index is 0.116. The van der Waals surface area contributed by atoms with Crippen molar-refractivity contribution in [2.45, 2.75) is 39.2 Å². The molecule has 0 aliphatic carbocycles. The summed E-state index contributed by atoms with van der Waals surface area (Å²) in [6.45, 7) is 6.21. The van der Waals surface area contributed by atoms with Crippen LogP contribution in [0.25, 0.3) is 0 Å². The van der Waals surface area contributed by atoms with Crippen molar-refractivity contribution in [1.82, 2.24) is 0 Å². The Labute approximate surface area is 121 Å². The van der Waals surface area contributed by atoms with Gasteiger partial charge in [-0.05, 0) is 37.5 Å². The fourth-order valence-electron chi connectivity index (χ4n) is 2.06. The minimum atomic E-state index is -2.57. The van der Waals surface area contributed by atoms with E-state index in [1.807, 2.05) is 6.92 Å². The Kier molecular flexibility index (Phi) is 5.74. The summed E-state index contributed by atoms with van der Waals surface area (Å²) in [5, 5.41) is 0. The standard InChI is InChI=1S/C14H20BrF2NO/c1-9(2)7-14(3,18)8-19-12-5-4-10(15)6-11(12)13(16)17/h4-6,9,13H,7-8,18H2,1-3H3/t14-/m0/s1. The molecule has 1 aromatic carbocycles. The molecule has 1 rings (SSSR count). The molecule has 2 N–H and O–H groups in total. The summed E-state index contributed by atoms with van der Waals surface area (Å²) in [5.74, 6) is 0.622. The van der Waals surface area contributed by atoms with Crippen molar-refractivity contribution in [3.8, 4) is 5.75 Å². The van der Waals surface area contributed by atoms with Crippen LogP contribution in [0.5, 0.6) is 5.75 Å². The molecule has 5 heteroatoms.